The zero-order chi connectivity index (χ0) is 19.5. The van der Waals surface area contributed by atoms with Gasteiger partial charge in [-0.3, -0.25) is 4.79 Å². The molecule has 0 radical (unpaired) electrons. The van der Waals surface area contributed by atoms with Crippen LogP contribution in [0.1, 0.15) is 30.8 Å². The minimum absolute atomic E-state index is 0.0393. The molecule has 2 aromatic heterocycles. The number of likely N-dealkylation sites (N-methyl/N-ethyl adjacent to an activating group) is 1. The van der Waals surface area contributed by atoms with Crippen LogP contribution in [0.3, 0.4) is 0 Å². The molecule has 1 atom stereocenters. The van der Waals surface area contributed by atoms with Crippen LogP contribution < -0.4 is 5.43 Å². The first kappa shape index (κ1) is 18.0. The first-order valence-electron chi connectivity index (χ1n) is 8.63. The van der Waals surface area contributed by atoms with Gasteiger partial charge in [0.15, 0.2) is 11.0 Å². The third-order valence-electron chi connectivity index (χ3n) is 5.05. The minimum Gasteiger partial charge on any atom is -0.458 e. The van der Waals surface area contributed by atoms with Gasteiger partial charge in [-0.05, 0) is 33.0 Å². The second-order valence-corrected chi connectivity index (χ2v) is 6.87. The number of imidazole rings is 1. The lowest BCUT2D eigenvalue weighted by Crippen LogP contribution is -2.14. The molecule has 1 aliphatic rings. The smallest absolute Gasteiger partial charge is 0.449 e. The Labute approximate surface area is 151 Å². The first-order valence-corrected chi connectivity index (χ1v) is 8.63. The highest BCUT2D eigenvalue weighted by Gasteiger charge is 2.38. The van der Waals surface area contributed by atoms with Gasteiger partial charge in [-0.1, -0.05) is 0 Å². The number of rotatable bonds is 2. The van der Waals surface area contributed by atoms with Crippen molar-refractivity contribution in [3.05, 3.63) is 39.8 Å². The molecule has 0 N–H and O–H groups in total. The molecular formula is C18H17F4N3O2. The predicted molar refractivity (Wildman–Crippen MR) is 91.3 cm³/mol. The van der Waals surface area contributed by atoms with Crippen LogP contribution in [0.2, 0.25) is 0 Å². The first-order chi connectivity index (χ1) is 12.7. The van der Waals surface area contributed by atoms with E-state index in [0.717, 1.165) is 23.6 Å². The van der Waals surface area contributed by atoms with E-state index in [1.807, 2.05) is 7.05 Å². The van der Waals surface area contributed by atoms with Crippen LogP contribution >= 0.6 is 0 Å². The van der Waals surface area contributed by atoms with Gasteiger partial charge in [0.25, 0.3) is 0 Å². The lowest BCUT2D eigenvalue weighted by atomic mass is 10.0. The summed E-state index contributed by atoms with van der Waals surface area (Å²) in [4.78, 5) is 18.2. The average Bonchev–Trinajstić information content (AvgIpc) is 3.19. The normalized spacial score (nSPS) is 18.8. The Hall–Kier alpha value is -2.42. The molecule has 4 rings (SSSR count). The SMILES string of the molecule is CCn1c(C(F)(F)F)nc2c3oc(C4CCN(C)C4)cc(=O)c3cc(F)c21. The zero-order valence-electron chi connectivity index (χ0n) is 14.7. The Kier molecular flexibility index (Phi) is 4.03. The predicted octanol–water partition coefficient (Wildman–Crippen LogP) is 3.74. The van der Waals surface area contributed by atoms with Crippen molar-refractivity contribution < 1.29 is 22.0 Å². The highest BCUT2D eigenvalue weighted by atomic mass is 19.4. The molecule has 9 heteroatoms. The number of aryl methyl sites for hydroxylation is 1. The topological polar surface area (TPSA) is 51.3 Å². The van der Waals surface area contributed by atoms with Crippen molar-refractivity contribution >= 4 is 22.0 Å². The molecule has 144 valence electrons. The van der Waals surface area contributed by atoms with Crippen molar-refractivity contribution in [2.24, 2.45) is 0 Å². The van der Waals surface area contributed by atoms with Crippen LogP contribution in [0.4, 0.5) is 17.6 Å². The quantitative estimate of drug-likeness (QED) is 0.633. The number of fused-ring (bicyclic) bond motifs is 3. The van der Waals surface area contributed by atoms with Crippen LogP contribution in [-0.2, 0) is 12.7 Å². The van der Waals surface area contributed by atoms with E-state index >= 15 is 0 Å². The largest absolute Gasteiger partial charge is 0.458 e. The molecule has 1 aromatic carbocycles. The zero-order valence-corrected chi connectivity index (χ0v) is 14.7. The van der Waals surface area contributed by atoms with E-state index in [9.17, 15) is 22.4 Å². The monoisotopic (exact) mass is 383 g/mol. The molecule has 1 saturated heterocycles. The van der Waals surface area contributed by atoms with Gasteiger partial charge < -0.3 is 13.9 Å². The van der Waals surface area contributed by atoms with E-state index in [2.05, 4.69) is 9.88 Å². The van der Waals surface area contributed by atoms with Crippen molar-refractivity contribution in [2.45, 2.75) is 32.0 Å². The molecule has 3 heterocycles. The van der Waals surface area contributed by atoms with Gasteiger partial charge in [0.1, 0.15) is 22.6 Å². The standard InChI is InChI=1S/C18H17F4N3O2/c1-3-25-15-11(19)6-10-12(26)7-13(9-4-5-24(2)8-9)27-16(10)14(15)23-17(25)18(20,21)22/h6-7,9H,3-5,8H2,1-2H3. The molecule has 0 amide bonds. The van der Waals surface area contributed by atoms with Crippen molar-refractivity contribution in [3.8, 4) is 0 Å². The van der Waals surface area contributed by atoms with E-state index in [1.165, 1.54) is 13.0 Å². The molecule has 1 aliphatic heterocycles. The van der Waals surface area contributed by atoms with Gasteiger partial charge in [-0.2, -0.15) is 13.2 Å². The maximum absolute atomic E-state index is 14.6. The number of likely N-dealkylation sites (tertiary alicyclic amines) is 1. The summed E-state index contributed by atoms with van der Waals surface area (Å²) in [6, 6.07) is 2.24. The summed E-state index contributed by atoms with van der Waals surface area (Å²) < 4.78 is 61.2. The summed E-state index contributed by atoms with van der Waals surface area (Å²) in [7, 11) is 1.94. The summed E-state index contributed by atoms with van der Waals surface area (Å²) >= 11 is 0. The van der Waals surface area contributed by atoms with Crippen LogP contribution in [0.5, 0.6) is 0 Å². The maximum atomic E-state index is 14.6. The molecule has 0 aliphatic carbocycles. The maximum Gasteiger partial charge on any atom is 0.449 e. The fourth-order valence-electron chi connectivity index (χ4n) is 3.77. The van der Waals surface area contributed by atoms with Crippen molar-refractivity contribution in [3.63, 3.8) is 0 Å². The number of benzene rings is 1. The van der Waals surface area contributed by atoms with Gasteiger partial charge in [0, 0.05) is 25.1 Å². The summed E-state index contributed by atoms with van der Waals surface area (Å²) in [5.41, 5.74) is -1.16. The van der Waals surface area contributed by atoms with Crippen LogP contribution in [0.15, 0.2) is 21.3 Å². The van der Waals surface area contributed by atoms with E-state index in [4.69, 9.17) is 4.42 Å². The molecule has 1 unspecified atom stereocenters. The van der Waals surface area contributed by atoms with Gasteiger partial charge in [0.2, 0.25) is 5.82 Å². The van der Waals surface area contributed by atoms with Gasteiger partial charge in [0.05, 0.1) is 5.39 Å². The van der Waals surface area contributed by atoms with Gasteiger partial charge in [-0.25, -0.2) is 9.37 Å². The van der Waals surface area contributed by atoms with E-state index in [0.29, 0.717) is 12.3 Å². The Morgan fingerprint density at radius 2 is 2.07 bits per heavy atom. The summed E-state index contributed by atoms with van der Waals surface area (Å²) in [5.74, 6) is -1.78. The van der Waals surface area contributed by atoms with Crippen molar-refractivity contribution in [1.82, 2.24) is 14.5 Å². The molecule has 5 nitrogen and oxygen atoms in total. The third-order valence-corrected chi connectivity index (χ3v) is 5.05. The van der Waals surface area contributed by atoms with Crippen LogP contribution in [-0.4, -0.2) is 34.6 Å². The van der Waals surface area contributed by atoms with Crippen molar-refractivity contribution in [1.29, 1.82) is 0 Å². The number of alkyl halides is 3. The second kappa shape index (κ2) is 6.05. The molecule has 27 heavy (non-hydrogen) atoms. The number of hydrogen-bond donors (Lipinski definition) is 0. The Bertz CT molecular complexity index is 1100. The Morgan fingerprint density at radius 3 is 2.67 bits per heavy atom. The highest BCUT2D eigenvalue weighted by Crippen LogP contribution is 2.36. The number of aromatic nitrogens is 2. The lowest BCUT2D eigenvalue weighted by Gasteiger charge is -2.11. The molecule has 1 fully saturated rings. The van der Waals surface area contributed by atoms with Gasteiger partial charge in [-0.15, -0.1) is 0 Å². The Morgan fingerprint density at radius 1 is 1.33 bits per heavy atom. The van der Waals surface area contributed by atoms with Crippen LogP contribution in [0.25, 0.3) is 22.0 Å². The summed E-state index contributed by atoms with van der Waals surface area (Å²) in [6.07, 6.45) is -3.98. The molecule has 0 saturated carbocycles. The highest BCUT2D eigenvalue weighted by molar-refractivity contribution is 6.01. The molecule has 3 aromatic rings. The van der Waals surface area contributed by atoms with E-state index in [1.54, 1.807) is 0 Å². The third kappa shape index (κ3) is 2.80. The fraction of sp³-hybridized carbons (Fsp3) is 0.444. The number of nitrogens with zero attached hydrogens (tertiary/aromatic N) is 3. The molecular weight excluding hydrogens is 366 g/mol. The second-order valence-electron chi connectivity index (χ2n) is 6.87. The van der Waals surface area contributed by atoms with Crippen molar-refractivity contribution in [2.75, 3.05) is 20.1 Å². The van der Waals surface area contributed by atoms with Crippen LogP contribution in [0, 0.1) is 5.82 Å². The van der Waals surface area contributed by atoms with Gasteiger partial charge >= 0.3 is 6.18 Å². The fourth-order valence-corrected chi connectivity index (χ4v) is 3.77. The molecule has 0 spiro atoms. The lowest BCUT2D eigenvalue weighted by molar-refractivity contribution is -0.146. The number of hydrogen-bond acceptors (Lipinski definition) is 4. The Balaban J connectivity index is 2.06. The summed E-state index contributed by atoms with van der Waals surface area (Å²) in [6.45, 7) is 2.86. The van der Waals surface area contributed by atoms with E-state index in [-0.39, 0.29) is 34.5 Å². The number of halogens is 4. The molecule has 0 bridgehead atoms. The minimum atomic E-state index is -4.75. The summed E-state index contributed by atoms with van der Waals surface area (Å²) in [5, 5.41) is -0.107. The van der Waals surface area contributed by atoms with E-state index < -0.39 is 23.2 Å². The average molecular weight is 383 g/mol.